The van der Waals surface area contributed by atoms with Crippen molar-refractivity contribution in [2.24, 2.45) is 0 Å². The molecule has 1 heterocycles. The van der Waals surface area contributed by atoms with Gasteiger partial charge in [0.05, 0.1) is 0 Å². The molecule has 0 bridgehead atoms. The van der Waals surface area contributed by atoms with Crippen LogP contribution in [0.15, 0.2) is 24.3 Å². The van der Waals surface area contributed by atoms with E-state index in [2.05, 4.69) is 15.3 Å². The summed E-state index contributed by atoms with van der Waals surface area (Å²) in [5, 5.41) is 2.91. The molecule has 0 fully saturated rings. The van der Waals surface area contributed by atoms with Gasteiger partial charge in [0, 0.05) is 19.2 Å². The van der Waals surface area contributed by atoms with Crippen molar-refractivity contribution in [3.8, 4) is 11.6 Å². The van der Waals surface area contributed by atoms with E-state index in [1.54, 1.807) is 26.1 Å². The molecule has 0 saturated heterocycles. The van der Waals surface area contributed by atoms with E-state index in [1.807, 2.05) is 6.92 Å². The van der Waals surface area contributed by atoms with Gasteiger partial charge in [0.2, 0.25) is 5.88 Å². The fraction of sp³-hybridized carbons (Fsp3) is 0.231. The maximum atomic E-state index is 13.1. The second kappa shape index (κ2) is 5.00. The van der Waals surface area contributed by atoms with Crippen molar-refractivity contribution < 1.29 is 9.13 Å². The Bertz CT molecular complexity index is 572. The van der Waals surface area contributed by atoms with Gasteiger partial charge in [0.25, 0.3) is 0 Å². The number of anilines is 1. The van der Waals surface area contributed by atoms with Gasteiger partial charge >= 0.3 is 0 Å². The number of rotatable bonds is 3. The van der Waals surface area contributed by atoms with Gasteiger partial charge < -0.3 is 10.1 Å². The first-order chi connectivity index (χ1) is 8.58. The Balaban J connectivity index is 2.33. The van der Waals surface area contributed by atoms with Crippen molar-refractivity contribution in [3.63, 3.8) is 0 Å². The maximum Gasteiger partial charge on any atom is 0.224 e. The Kier molecular flexibility index (Phi) is 3.41. The first-order valence-corrected chi connectivity index (χ1v) is 5.56. The first kappa shape index (κ1) is 12.3. The van der Waals surface area contributed by atoms with Crippen molar-refractivity contribution >= 4 is 5.82 Å². The molecule has 4 nitrogen and oxygen atoms in total. The van der Waals surface area contributed by atoms with Crippen LogP contribution >= 0.6 is 0 Å². The lowest BCUT2D eigenvalue weighted by Gasteiger charge is -2.09. The summed E-state index contributed by atoms with van der Waals surface area (Å²) >= 11 is 0. The molecule has 0 atom stereocenters. The standard InChI is InChI=1S/C13H14FN3O/c1-8-4-5-10(14)6-11(8)18-13-7-12(15-3)16-9(2)17-13/h4-7H,1-3H3,(H,15,16,17). The molecule has 0 aliphatic heterocycles. The van der Waals surface area contributed by atoms with E-state index in [1.165, 1.54) is 12.1 Å². The normalized spacial score (nSPS) is 10.2. The zero-order chi connectivity index (χ0) is 13.1. The molecule has 0 radical (unpaired) electrons. The molecule has 0 aliphatic rings. The summed E-state index contributed by atoms with van der Waals surface area (Å²) < 4.78 is 18.7. The predicted molar refractivity (Wildman–Crippen MR) is 67.5 cm³/mol. The van der Waals surface area contributed by atoms with Gasteiger partial charge in [-0.3, -0.25) is 0 Å². The van der Waals surface area contributed by atoms with Gasteiger partial charge in [-0.05, 0) is 25.5 Å². The van der Waals surface area contributed by atoms with E-state index >= 15 is 0 Å². The van der Waals surface area contributed by atoms with E-state index in [0.29, 0.717) is 23.3 Å². The average Bonchev–Trinajstić information content (AvgIpc) is 2.33. The number of nitrogens with one attached hydrogen (secondary N) is 1. The third kappa shape index (κ3) is 2.74. The van der Waals surface area contributed by atoms with Gasteiger partial charge in [-0.2, -0.15) is 4.98 Å². The fourth-order valence-electron chi connectivity index (χ4n) is 1.52. The Labute approximate surface area is 105 Å². The Morgan fingerprint density at radius 1 is 1.17 bits per heavy atom. The second-order valence-corrected chi connectivity index (χ2v) is 3.90. The number of hydrogen-bond donors (Lipinski definition) is 1. The Morgan fingerprint density at radius 2 is 1.94 bits per heavy atom. The highest BCUT2D eigenvalue weighted by atomic mass is 19.1. The highest BCUT2D eigenvalue weighted by Gasteiger charge is 2.06. The molecule has 1 N–H and O–H groups in total. The number of nitrogens with zero attached hydrogens (tertiary/aromatic N) is 2. The van der Waals surface area contributed by atoms with Crippen molar-refractivity contribution in [2.45, 2.75) is 13.8 Å². The largest absolute Gasteiger partial charge is 0.438 e. The minimum atomic E-state index is -0.338. The maximum absolute atomic E-state index is 13.1. The topological polar surface area (TPSA) is 47.0 Å². The fourth-order valence-corrected chi connectivity index (χ4v) is 1.52. The van der Waals surface area contributed by atoms with Crippen molar-refractivity contribution in [2.75, 3.05) is 12.4 Å². The molecular formula is C13H14FN3O. The summed E-state index contributed by atoms with van der Waals surface area (Å²) in [5.41, 5.74) is 0.846. The number of benzene rings is 1. The third-order valence-electron chi connectivity index (χ3n) is 2.44. The second-order valence-electron chi connectivity index (χ2n) is 3.90. The lowest BCUT2D eigenvalue weighted by atomic mass is 10.2. The lowest BCUT2D eigenvalue weighted by Crippen LogP contribution is -1.99. The molecule has 0 amide bonds. The molecular weight excluding hydrogens is 233 g/mol. The summed E-state index contributed by atoms with van der Waals surface area (Å²) in [6.07, 6.45) is 0. The molecule has 0 aliphatic carbocycles. The van der Waals surface area contributed by atoms with E-state index in [-0.39, 0.29) is 5.82 Å². The van der Waals surface area contributed by atoms with Crippen molar-refractivity contribution in [1.82, 2.24) is 9.97 Å². The highest BCUT2D eigenvalue weighted by molar-refractivity contribution is 5.41. The lowest BCUT2D eigenvalue weighted by molar-refractivity contribution is 0.452. The van der Waals surface area contributed by atoms with Gasteiger partial charge in [0.1, 0.15) is 23.2 Å². The summed E-state index contributed by atoms with van der Waals surface area (Å²) in [6.45, 7) is 3.62. The van der Waals surface area contributed by atoms with Crippen LogP contribution in [-0.2, 0) is 0 Å². The van der Waals surface area contributed by atoms with Crippen LogP contribution in [0.3, 0.4) is 0 Å². The molecule has 18 heavy (non-hydrogen) atoms. The van der Waals surface area contributed by atoms with Crippen molar-refractivity contribution in [3.05, 3.63) is 41.5 Å². The smallest absolute Gasteiger partial charge is 0.224 e. The number of ether oxygens (including phenoxy) is 1. The summed E-state index contributed by atoms with van der Waals surface area (Å²) in [4.78, 5) is 8.31. The quantitative estimate of drug-likeness (QED) is 0.905. The third-order valence-corrected chi connectivity index (χ3v) is 2.44. The molecule has 94 valence electrons. The van der Waals surface area contributed by atoms with Crippen LogP contribution in [-0.4, -0.2) is 17.0 Å². The van der Waals surface area contributed by atoms with Gasteiger partial charge in [-0.1, -0.05) is 6.07 Å². The van der Waals surface area contributed by atoms with Crippen LogP contribution in [0, 0.1) is 19.7 Å². The molecule has 1 aromatic carbocycles. The molecule has 0 saturated carbocycles. The molecule has 2 rings (SSSR count). The molecule has 0 spiro atoms. The first-order valence-electron chi connectivity index (χ1n) is 5.56. The van der Waals surface area contributed by atoms with Gasteiger partial charge in [0.15, 0.2) is 0 Å². The van der Waals surface area contributed by atoms with E-state index in [9.17, 15) is 4.39 Å². The van der Waals surface area contributed by atoms with Crippen LogP contribution in [0.25, 0.3) is 0 Å². The summed E-state index contributed by atoms with van der Waals surface area (Å²) in [7, 11) is 1.76. The summed E-state index contributed by atoms with van der Waals surface area (Å²) in [5.74, 6) is 1.75. The number of halogens is 1. The minimum Gasteiger partial charge on any atom is -0.438 e. The van der Waals surface area contributed by atoms with Gasteiger partial charge in [-0.15, -0.1) is 0 Å². The molecule has 2 aromatic rings. The van der Waals surface area contributed by atoms with Crippen LogP contribution in [0.1, 0.15) is 11.4 Å². The van der Waals surface area contributed by atoms with Crippen LogP contribution in [0.5, 0.6) is 11.6 Å². The molecule has 1 aromatic heterocycles. The van der Waals surface area contributed by atoms with E-state index in [0.717, 1.165) is 5.56 Å². The SMILES string of the molecule is CNc1cc(Oc2cc(F)ccc2C)nc(C)n1. The van der Waals surface area contributed by atoms with Crippen molar-refractivity contribution in [1.29, 1.82) is 0 Å². The number of hydrogen-bond acceptors (Lipinski definition) is 4. The van der Waals surface area contributed by atoms with Crippen LogP contribution in [0.2, 0.25) is 0 Å². The predicted octanol–water partition coefficient (Wildman–Crippen LogP) is 3.07. The summed E-state index contributed by atoms with van der Waals surface area (Å²) in [6, 6.07) is 6.06. The molecule has 5 heteroatoms. The number of aryl methyl sites for hydroxylation is 2. The van der Waals surface area contributed by atoms with E-state index in [4.69, 9.17) is 4.74 Å². The monoisotopic (exact) mass is 247 g/mol. The van der Waals surface area contributed by atoms with Crippen LogP contribution < -0.4 is 10.1 Å². The van der Waals surface area contributed by atoms with E-state index < -0.39 is 0 Å². The average molecular weight is 247 g/mol. The minimum absolute atomic E-state index is 0.338. The zero-order valence-electron chi connectivity index (χ0n) is 10.5. The highest BCUT2D eigenvalue weighted by Crippen LogP contribution is 2.25. The number of aromatic nitrogens is 2. The Hall–Kier alpha value is -2.17. The van der Waals surface area contributed by atoms with Crippen LogP contribution in [0.4, 0.5) is 10.2 Å². The van der Waals surface area contributed by atoms with Gasteiger partial charge in [-0.25, -0.2) is 9.37 Å². The zero-order valence-corrected chi connectivity index (χ0v) is 10.5. The molecule has 0 unspecified atom stereocenters. The Morgan fingerprint density at radius 3 is 2.67 bits per heavy atom.